The van der Waals surface area contributed by atoms with Gasteiger partial charge in [-0.1, -0.05) is 26.3 Å². The minimum absolute atomic E-state index is 0.0769. The predicted molar refractivity (Wildman–Crippen MR) is 109 cm³/mol. The second-order valence-corrected chi connectivity index (χ2v) is 15.2. The number of ether oxygens (including phenoxy) is 1. The van der Waals surface area contributed by atoms with E-state index in [1.54, 1.807) is 0 Å². The maximum Gasteiger partial charge on any atom is 0.311 e. The zero-order valence-corrected chi connectivity index (χ0v) is 19.4. The summed E-state index contributed by atoms with van der Waals surface area (Å²) in [6.07, 6.45) is 2.50. The van der Waals surface area contributed by atoms with Gasteiger partial charge in [-0.05, 0) is 65.6 Å². The van der Waals surface area contributed by atoms with E-state index in [9.17, 15) is 9.59 Å². The Morgan fingerprint density at radius 3 is 2.19 bits per heavy atom. The summed E-state index contributed by atoms with van der Waals surface area (Å²) in [5.74, 6) is -0.252. The minimum atomic E-state index is -2.02. The summed E-state index contributed by atoms with van der Waals surface area (Å²) in [5, 5.41) is 0.0769. The van der Waals surface area contributed by atoms with Crippen LogP contribution in [0.25, 0.3) is 0 Å². The second-order valence-electron chi connectivity index (χ2n) is 10.5. The van der Waals surface area contributed by atoms with Crippen LogP contribution in [0.15, 0.2) is 11.1 Å². The molecule has 0 N–H and O–H groups in total. The van der Waals surface area contributed by atoms with Gasteiger partial charge in [0.25, 0.3) is 0 Å². The Morgan fingerprint density at radius 1 is 1.23 bits per heavy atom. The van der Waals surface area contributed by atoms with Crippen molar-refractivity contribution in [2.45, 2.75) is 92.5 Å². The van der Waals surface area contributed by atoms with Crippen LogP contribution in [0.3, 0.4) is 0 Å². The lowest BCUT2D eigenvalue weighted by atomic mass is 9.70. The van der Waals surface area contributed by atoms with Crippen LogP contribution in [-0.4, -0.2) is 33.3 Å². The molecule has 0 aliphatic heterocycles. The third kappa shape index (κ3) is 4.86. The van der Waals surface area contributed by atoms with E-state index in [1.165, 1.54) is 0 Å². The van der Waals surface area contributed by atoms with Crippen molar-refractivity contribution >= 4 is 20.6 Å². The van der Waals surface area contributed by atoms with E-state index in [0.29, 0.717) is 0 Å². The van der Waals surface area contributed by atoms with Gasteiger partial charge < -0.3 is 9.16 Å². The molecule has 0 radical (unpaired) electrons. The van der Waals surface area contributed by atoms with E-state index in [4.69, 9.17) is 9.16 Å². The molecule has 0 spiro atoms. The number of allylic oxidation sites excluding steroid dienone is 1. The molecule has 26 heavy (non-hydrogen) atoms. The molecule has 0 aromatic rings. The largest absolute Gasteiger partial charge is 0.464 e. The first-order chi connectivity index (χ1) is 11.6. The smallest absolute Gasteiger partial charge is 0.311 e. The maximum atomic E-state index is 12.3. The quantitative estimate of drug-likeness (QED) is 0.369. The van der Waals surface area contributed by atoms with E-state index in [-0.39, 0.29) is 23.7 Å². The Balaban J connectivity index is 3.20. The van der Waals surface area contributed by atoms with E-state index in [0.717, 1.165) is 30.3 Å². The Labute approximate surface area is 160 Å². The van der Waals surface area contributed by atoms with Crippen LogP contribution < -0.4 is 0 Å². The molecular weight excluding hydrogens is 344 g/mol. The van der Waals surface area contributed by atoms with Gasteiger partial charge in [0.15, 0.2) is 8.32 Å². The first-order valence-electron chi connectivity index (χ1n) is 9.57. The highest BCUT2D eigenvalue weighted by Crippen LogP contribution is 2.46. The molecule has 0 unspecified atom stereocenters. The van der Waals surface area contributed by atoms with Gasteiger partial charge in [-0.25, -0.2) is 0 Å². The molecular formula is C21H38O4Si. The van der Waals surface area contributed by atoms with E-state index < -0.39 is 19.1 Å². The highest BCUT2D eigenvalue weighted by atomic mass is 28.4. The fourth-order valence-electron chi connectivity index (χ4n) is 3.02. The van der Waals surface area contributed by atoms with Gasteiger partial charge in [-0.2, -0.15) is 0 Å². The Bertz CT molecular complexity index is 578. The minimum Gasteiger partial charge on any atom is -0.464 e. The average molecular weight is 383 g/mol. The molecule has 0 fully saturated rings. The molecule has 0 saturated carbocycles. The van der Waals surface area contributed by atoms with Crippen LogP contribution in [0.4, 0.5) is 0 Å². The monoisotopic (exact) mass is 382 g/mol. The topological polar surface area (TPSA) is 52.6 Å². The molecule has 0 amide bonds. The molecule has 0 heterocycles. The lowest BCUT2D eigenvalue weighted by molar-refractivity contribution is -0.158. The van der Waals surface area contributed by atoms with E-state index >= 15 is 0 Å². The van der Waals surface area contributed by atoms with Crippen LogP contribution in [0, 0.1) is 10.8 Å². The summed E-state index contributed by atoms with van der Waals surface area (Å²) in [7, 11) is -2.02. The molecule has 0 bridgehead atoms. The SMILES string of the molecule is CC1=C(C=O)[C@@](C)(COC(=O)C(C)(C)C)[C@@H](O[Si](C)(C)C(C)(C)C)CC1. The maximum absolute atomic E-state index is 12.3. The Kier molecular flexibility index (Phi) is 6.74. The van der Waals surface area contributed by atoms with Crippen molar-refractivity contribution in [3.8, 4) is 0 Å². The summed E-state index contributed by atoms with van der Waals surface area (Å²) >= 11 is 0. The molecule has 0 aromatic carbocycles. The lowest BCUT2D eigenvalue weighted by Gasteiger charge is -2.48. The van der Waals surface area contributed by atoms with Crippen LogP contribution in [0.2, 0.25) is 18.1 Å². The van der Waals surface area contributed by atoms with Crippen LogP contribution in [0.5, 0.6) is 0 Å². The zero-order chi connectivity index (χ0) is 20.6. The normalized spacial score (nSPS) is 25.2. The molecule has 1 rings (SSSR count). The number of rotatable bonds is 5. The highest BCUT2D eigenvalue weighted by molar-refractivity contribution is 6.74. The van der Waals surface area contributed by atoms with Crippen molar-refractivity contribution in [2.75, 3.05) is 6.61 Å². The van der Waals surface area contributed by atoms with Gasteiger partial charge in [-0.15, -0.1) is 0 Å². The van der Waals surface area contributed by atoms with Gasteiger partial charge >= 0.3 is 5.97 Å². The van der Waals surface area contributed by atoms with Crippen LogP contribution >= 0.6 is 0 Å². The van der Waals surface area contributed by atoms with Crippen LogP contribution in [0.1, 0.15) is 68.2 Å². The molecule has 1 aliphatic rings. The fourth-order valence-corrected chi connectivity index (χ4v) is 4.46. The standard InChI is InChI=1S/C21H38O4Si/c1-15-11-12-17(25-26(9,10)20(5,6)7)21(8,16(15)13-22)14-24-18(23)19(2,3)4/h13,17H,11-12,14H2,1-10H3/t17-,21+/m0/s1. The number of hydrogen-bond donors (Lipinski definition) is 0. The van der Waals surface area contributed by atoms with Gasteiger partial charge in [0, 0.05) is 5.57 Å². The molecule has 0 aromatic heterocycles. The molecule has 5 heteroatoms. The van der Waals surface area contributed by atoms with Gasteiger partial charge in [0.05, 0.1) is 16.9 Å². The molecule has 2 atom stereocenters. The molecule has 4 nitrogen and oxygen atoms in total. The van der Waals surface area contributed by atoms with Gasteiger partial charge in [0.2, 0.25) is 0 Å². The summed E-state index contributed by atoms with van der Waals surface area (Å²) in [6.45, 7) is 20.8. The number of aldehydes is 1. The summed E-state index contributed by atoms with van der Waals surface area (Å²) < 4.78 is 12.4. The molecule has 1 aliphatic carbocycles. The highest BCUT2D eigenvalue weighted by Gasteiger charge is 2.48. The third-order valence-corrected chi connectivity index (χ3v) is 10.5. The summed E-state index contributed by atoms with van der Waals surface area (Å²) in [5.41, 5.74) is 0.625. The van der Waals surface area contributed by atoms with E-state index in [1.807, 2.05) is 34.6 Å². The number of carbonyl (C=O) groups excluding carboxylic acids is 2. The first-order valence-corrected chi connectivity index (χ1v) is 12.5. The summed E-state index contributed by atoms with van der Waals surface area (Å²) in [4.78, 5) is 24.2. The van der Waals surface area contributed by atoms with Gasteiger partial charge in [0.1, 0.15) is 12.9 Å². The third-order valence-electron chi connectivity index (χ3n) is 6.04. The van der Waals surface area contributed by atoms with Crippen molar-refractivity contribution < 1.29 is 18.8 Å². The first kappa shape index (κ1) is 23.1. The zero-order valence-electron chi connectivity index (χ0n) is 18.4. The predicted octanol–water partition coefficient (Wildman–Crippen LogP) is 5.28. The number of carbonyl (C=O) groups is 2. The average Bonchev–Trinajstić information content (AvgIpc) is 2.46. The number of hydrogen-bond acceptors (Lipinski definition) is 4. The number of esters is 1. The summed E-state index contributed by atoms with van der Waals surface area (Å²) in [6, 6.07) is 0. The molecule has 150 valence electrons. The van der Waals surface area contributed by atoms with E-state index in [2.05, 4.69) is 33.9 Å². The van der Waals surface area contributed by atoms with Crippen molar-refractivity contribution in [1.82, 2.24) is 0 Å². The Morgan fingerprint density at radius 2 is 1.77 bits per heavy atom. The Hall–Kier alpha value is -0.943. The second kappa shape index (κ2) is 7.59. The van der Waals surface area contributed by atoms with Crippen LogP contribution in [-0.2, 0) is 18.8 Å². The fraction of sp³-hybridized carbons (Fsp3) is 0.810. The van der Waals surface area contributed by atoms with Crippen molar-refractivity contribution in [3.63, 3.8) is 0 Å². The van der Waals surface area contributed by atoms with Crippen molar-refractivity contribution in [3.05, 3.63) is 11.1 Å². The lowest BCUT2D eigenvalue weighted by Crippen LogP contribution is -2.52. The van der Waals surface area contributed by atoms with Gasteiger partial charge in [-0.3, -0.25) is 9.59 Å². The molecule has 0 saturated heterocycles. The van der Waals surface area contributed by atoms with Crippen molar-refractivity contribution in [2.24, 2.45) is 10.8 Å². The van der Waals surface area contributed by atoms with Crippen molar-refractivity contribution in [1.29, 1.82) is 0 Å².